The standard InChI is InChI=1S/C22H32N4O/c1-2-3-7-17-10-12-18(13-11-17)22(27)25-14-6-8-19(16-25)21-24-23-20-9-4-5-15-26(20)21/h4-5,9,15,17-19H,2-3,6-8,10-14,16H2,1H3. The summed E-state index contributed by atoms with van der Waals surface area (Å²) < 4.78 is 2.08. The quantitative estimate of drug-likeness (QED) is 0.784. The molecule has 2 fully saturated rings. The molecule has 2 aromatic heterocycles. The van der Waals surface area contributed by atoms with Crippen LogP contribution < -0.4 is 0 Å². The highest BCUT2D eigenvalue weighted by molar-refractivity contribution is 5.79. The Morgan fingerprint density at radius 2 is 2.00 bits per heavy atom. The summed E-state index contributed by atoms with van der Waals surface area (Å²) in [6, 6.07) is 5.99. The Labute approximate surface area is 162 Å². The second-order valence-electron chi connectivity index (χ2n) is 8.47. The van der Waals surface area contributed by atoms with Crippen molar-refractivity contribution in [3.63, 3.8) is 0 Å². The Balaban J connectivity index is 1.38. The number of nitrogens with zero attached hydrogens (tertiary/aromatic N) is 4. The first-order chi connectivity index (χ1) is 13.3. The first kappa shape index (κ1) is 18.5. The van der Waals surface area contributed by atoms with Crippen molar-refractivity contribution in [3.8, 4) is 0 Å². The second kappa shape index (κ2) is 8.41. The maximum atomic E-state index is 13.1. The SMILES string of the molecule is CCCCC1CCC(C(=O)N2CCCC(c3nnc4ccccn34)C2)CC1. The summed E-state index contributed by atoms with van der Waals surface area (Å²) in [5.41, 5.74) is 0.890. The number of fused-ring (bicyclic) bond motifs is 1. The molecule has 2 aliphatic rings. The van der Waals surface area contributed by atoms with Crippen molar-refractivity contribution < 1.29 is 4.79 Å². The third kappa shape index (κ3) is 4.02. The highest BCUT2D eigenvalue weighted by Gasteiger charge is 2.33. The van der Waals surface area contributed by atoms with Gasteiger partial charge in [0.25, 0.3) is 0 Å². The minimum absolute atomic E-state index is 0.247. The molecule has 27 heavy (non-hydrogen) atoms. The van der Waals surface area contributed by atoms with Crippen LogP contribution in [-0.2, 0) is 4.79 Å². The molecule has 1 amide bonds. The van der Waals surface area contributed by atoms with Crippen LogP contribution in [0.3, 0.4) is 0 Å². The van der Waals surface area contributed by atoms with Gasteiger partial charge in [-0.05, 0) is 56.6 Å². The van der Waals surface area contributed by atoms with E-state index in [-0.39, 0.29) is 5.92 Å². The van der Waals surface area contributed by atoms with Gasteiger partial charge < -0.3 is 4.90 Å². The number of likely N-dealkylation sites (tertiary alicyclic amines) is 1. The van der Waals surface area contributed by atoms with Crippen LogP contribution in [0, 0.1) is 11.8 Å². The van der Waals surface area contributed by atoms with E-state index < -0.39 is 0 Å². The van der Waals surface area contributed by atoms with Crippen LogP contribution in [0.4, 0.5) is 0 Å². The Bertz CT molecular complexity index is 763. The number of hydrogen-bond donors (Lipinski definition) is 0. The third-order valence-electron chi connectivity index (χ3n) is 6.60. The topological polar surface area (TPSA) is 50.5 Å². The van der Waals surface area contributed by atoms with Crippen LogP contribution in [0.15, 0.2) is 24.4 Å². The summed E-state index contributed by atoms with van der Waals surface area (Å²) in [4.78, 5) is 15.3. The largest absolute Gasteiger partial charge is 0.342 e. The average Bonchev–Trinajstić information content (AvgIpc) is 3.16. The predicted molar refractivity (Wildman–Crippen MR) is 107 cm³/mol. The van der Waals surface area contributed by atoms with Gasteiger partial charge in [0.2, 0.25) is 5.91 Å². The highest BCUT2D eigenvalue weighted by atomic mass is 16.2. The molecular formula is C22H32N4O. The Morgan fingerprint density at radius 3 is 2.81 bits per heavy atom. The van der Waals surface area contributed by atoms with E-state index >= 15 is 0 Å². The molecule has 5 nitrogen and oxygen atoms in total. The zero-order valence-corrected chi connectivity index (χ0v) is 16.5. The fourth-order valence-electron chi connectivity index (χ4n) is 4.98. The van der Waals surface area contributed by atoms with Gasteiger partial charge in [-0.1, -0.05) is 32.3 Å². The monoisotopic (exact) mass is 368 g/mol. The van der Waals surface area contributed by atoms with Gasteiger partial charge >= 0.3 is 0 Å². The van der Waals surface area contributed by atoms with Crippen LogP contribution in [0.1, 0.15) is 76.5 Å². The lowest BCUT2D eigenvalue weighted by Gasteiger charge is -2.36. The molecule has 1 unspecified atom stereocenters. The molecule has 0 bridgehead atoms. The van der Waals surface area contributed by atoms with Gasteiger partial charge in [-0.25, -0.2) is 0 Å². The normalized spacial score (nSPS) is 26.4. The molecule has 0 spiro atoms. The summed E-state index contributed by atoms with van der Waals surface area (Å²) >= 11 is 0. The summed E-state index contributed by atoms with van der Waals surface area (Å²) in [6.45, 7) is 3.96. The summed E-state index contributed by atoms with van der Waals surface area (Å²) in [5, 5.41) is 8.73. The number of hydrogen-bond acceptors (Lipinski definition) is 3. The van der Waals surface area contributed by atoms with Crippen LogP contribution >= 0.6 is 0 Å². The molecule has 3 heterocycles. The number of aromatic nitrogens is 3. The third-order valence-corrected chi connectivity index (χ3v) is 6.60. The molecule has 146 valence electrons. The highest BCUT2D eigenvalue weighted by Crippen LogP contribution is 2.34. The van der Waals surface area contributed by atoms with E-state index in [0.29, 0.717) is 11.8 Å². The van der Waals surface area contributed by atoms with E-state index in [4.69, 9.17) is 0 Å². The van der Waals surface area contributed by atoms with Gasteiger partial charge in [0.05, 0.1) is 0 Å². The van der Waals surface area contributed by atoms with Crippen LogP contribution in [0.2, 0.25) is 0 Å². The number of rotatable bonds is 5. The minimum atomic E-state index is 0.247. The number of amides is 1. The first-order valence-electron chi connectivity index (χ1n) is 10.8. The maximum absolute atomic E-state index is 13.1. The maximum Gasteiger partial charge on any atom is 0.225 e. The lowest BCUT2D eigenvalue weighted by atomic mass is 9.79. The smallest absolute Gasteiger partial charge is 0.225 e. The Hall–Kier alpha value is -1.91. The fraction of sp³-hybridized carbons (Fsp3) is 0.682. The second-order valence-corrected chi connectivity index (χ2v) is 8.47. The Kier molecular flexibility index (Phi) is 5.74. The van der Waals surface area contributed by atoms with Gasteiger partial charge in [0, 0.05) is 31.1 Å². The number of pyridine rings is 1. The van der Waals surface area contributed by atoms with Crippen LogP contribution in [0.25, 0.3) is 5.65 Å². The Morgan fingerprint density at radius 1 is 1.15 bits per heavy atom. The van der Waals surface area contributed by atoms with Gasteiger partial charge in [-0.2, -0.15) is 0 Å². The van der Waals surface area contributed by atoms with E-state index in [2.05, 4.69) is 26.4 Å². The van der Waals surface area contributed by atoms with Crippen LogP contribution in [-0.4, -0.2) is 38.5 Å². The van der Waals surface area contributed by atoms with Crippen molar-refractivity contribution in [2.75, 3.05) is 13.1 Å². The number of piperidine rings is 1. The van der Waals surface area contributed by atoms with Crippen molar-refractivity contribution >= 4 is 11.6 Å². The molecule has 4 rings (SSSR count). The van der Waals surface area contributed by atoms with E-state index in [1.54, 1.807) is 0 Å². The molecular weight excluding hydrogens is 336 g/mol. The molecule has 1 atom stereocenters. The molecule has 1 saturated carbocycles. The lowest BCUT2D eigenvalue weighted by molar-refractivity contribution is -0.138. The van der Waals surface area contributed by atoms with Crippen LogP contribution in [0.5, 0.6) is 0 Å². The minimum Gasteiger partial charge on any atom is -0.342 e. The lowest BCUT2D eigenvalue weighted by Crippen LogP contribution is -2.43. The van der Waals surface area contributed by atoms with E-state index in [0.717, 1.165) is 56.2 Å². The zero-order valence-electron chi connectivity index (χ0n) is 16.5. The first-order valence-corrected chi connectivity index (χ1v) is 10.8. The molecule has 0 aromatic carbocycles. The predicted octanol–water partition coefficient (Wildman–Crippen LogP) is 4.43. The summed E-state index contributed by atoms with van der Waals surface area (Å²) in [5.74, 6) is 2.79. The van der Waals surface area contributed by atoms with E-state index in [1.807, 2.05) is 24.4 Å². The summed E-state index contributed by atoms with van der Waals surface area (Å²) in [7, 11) is 0. The molecule has 0 radical (unpaired) electrons. The van der Waals surface area contributed by atoms with Crippen molar-refractivity contribution in [2.45, 2.75) is 70.6 Å². The van der Waals surface area contributed by atoms with Crippen molar-refractivity contribution in [2.24, 2.45) is 11.8 Å². The summed E-state index contributed by atoms with van der Waals surface area (Å²) in [6.07, 6.45) is 12.8. The molecule has 5 heteroatoms. The fourth-order valence-corrected chi connectivity index (χ4v) is 4.98. The average molecular weight is 369 g/mol. The van der Waals surface area contributed by atoms with Crippen molar-refractivity contribution in [3.05, 3.63) is 30.2 Å². The van der Waals surface area contributed by atoms with Gasteiger partial charge in [0.1, 0.15) is 5.82 Å². The molecule has 0 N–H and O–H groups in total. The van der Waals surface area contributed by atoms with Gasteiger partial charge in [-0.15, -0.1) is 10.2 Å². The molecule has 1 saturated heterocycles. The number of unbranched alkanes of at least 4 members (excludes halogenated alkanes) is 1. The van der Waals surface area contributed by atoms with Gasteiger partial charge in [0.15, 0.2) is 5.65 Å². The van der Waals surface area contributed by atoms with E-state index in [1.165, 1.54) is 32.1 Å². The number of carbonyl (C=O) groups is 1. The molecule has 2 aromatic rings. The van der Waals surface area contributed by atoms with Gasteiger partial charge in [-0.3, -0.25) is 9.20 Å². The molecule has 1 aliphatic carbocycles. The molecule has 1 aliphatic heterocycles. The van der Waals surface area contributed by atoms with Crippen molar-refractivity contribution in [1.29, 1.82) is 0 Å². The van der Waals surface area contributed by atoms with E-state index in [9.17, 15) is 4.79 Å². The van der Waals surface area contributed by atoms with Crippen molar-refractivity contribution in [1.82, 2.24) is 19.5 Å². The number of carbonyl (C=O) groups excluding carboxylic acids is 1. The zero-order chi connectivity index (χ0) is 18.6.